The van der Waals surface area contributed by atoms with Gasteiger partial charge in [0.05, 0.1) is 24.7 Å². The lowest BCUT2D eigenvalue weighted by Crippen LogP contribution is -2.41. The molecule has 5 rings (SSSR count). The third kappa shape index (κ3) is 3.13. The van der Waals surface area contributed by atoms with E-state index in [1.165, 1.54) is 31.6 Å². The Labute approximate surface area is 175 Å². The summed E-state index contributed by atoms with van der Waals surface area (Å²) in [6.07, 6.45) is 1.11. The van der Waals surface area contributed by atoms with E-state index in [2.05, 4.69) is 25.3 Å². The van der Waals surface area contributed by atoms with Gasteiger partial charge in [0.25, 0.3) is 6.43 Å². The van der Waals surface area contributed by atoms with Gasteiger partial charge in [0.15, 0.2) is 11.4 Å². The first-order chi connectivity index (χ1) is 14.9. The number of amidine groups is 1. The van der Waals surface area contributed by atoms with Gasteiger partial charge in [-0.15, -0.1) is 0 Å². The fourth-order valence-corrected chi connectivity index (χ4v) is 4.40. The number of hydrogen-bond acceptors (Lipinski definition) is 7. The van der Waals surface area contributed by atoms with Crippen molar-refractivity contribution in [3.8, 4) is 5.88 Å². The molecule has 31 heavy (non-hydrogen) atoms. The van der Waals surface area contributed by atoms with Crippen molar-refractivity contribution in [1.29, 1.82) is 0 Å². The van der Waals surface area contributed by atoms with E-state index in [1.807, 2.05) is 0 Å². The van der Waals surface area contributed by atoms with Crippen molar-refractivity contribution in [2.75, 3.05) is 12.4 Å². The van der Waals surface area contributed by atoms with Gasteiger partial charge >= 0.3 is 0 Å². The highest BCUT2D eigenvalue weighted by Gasteiger charge is 2.62. The number of ether oxygens (including phenoxy) is 1. The van der Waals surface area contributed by atoms with E-state index < -0.39 is 23.7 Å². The Kier molecular flexibility index (Phi) is 4.45. The topological polar surface area (TPSA) is 98.3 Å². The average Bonchev–Trinajstić information content (AvgIpc) is 3.53. The Morgan fingerprint density at radius 1 is 1.26 bits per heavy atom. The predicted octanol–water partition coefficient (Wildman–Crippen LogP) is 3.77. The molecular formula is C21H19F3N6O. The normalized spacial score (nSPS) is 24.6. The van der Waals surface area contributed by atoms with Crippen LogP contribution in [-0.2, 0) is 5.54 Å². The van der Waals surface area contributed by atoms with E-state index in [4.69, 9.17) is 10.5 Å². The molecule has 3 atom stereocenters. The summed E-state index contributed by atoms with van der Waals surface area (Å²) >= 11 is 0. The summed E-state index contributed by atoms with van der Waals surface area (Å²) in [5, 5.41) is 3.04. The maximum atomic E-state index is 14.8. The number of hydrogen-bond donors (Lipinski definition) is 2. The minimum absolute atomic E-state index is 0.00695. The van der Waals surface area contributed by atoms with Crippen LogP contribution in [0.3, 0.4) is 0 Å². The summed E-state index contributed by atoms with van der Waals surface area (Å²) in [6, 6.07) is 5.64. The van der Waals surface area contributed by atoms with Gasteiger partial charge in [-0.3, -0.25) is 4.99 Å². The Morgan fingerprint density at radius 2 is 2.10 bits per heavy atom. The lowest BCUT2D eigenvalue weighted by Gasteiger charge is -2.34. The van der Waals surface area contributed by atoms with Crippen LogP contribution in [0.2, 0.25) is 0 Å². The van der Waals surface area contributed by atoms with Crippen molar-refractivity contribution in [3.05, 3.63) is 48.0 Å². The van der Waals surface area contributed by atoms with Crippen LogP contribution in [0.5, 0.6) is 5.88 Å². The van der Waals surface area contributed by atoms with Gasteiger partial charge in [0, 0.05) is 23.9 Å². The number of anilines is 2. The average molecular weight is 428 g/mol. The molecule has 3 heterocycles. The van der Waals surface area contributed by atoms with Crippen molar-refractivity contribution in [2.45, 2.75) is 24.8 Å². The molecule has 1 saturated carbocycles. The maximum absolute atomic E-state index is 14.8. The first-order valence-corrected chi connectivity index (χ1v) is 9.77. The summed E-state index contributed by atoms with van der Waals surface area (Å²) < 4.78 is 48.6. The van der Waals surface area contributed by atoms with Crippen molar-refractivity contribution in [3.63, 3.8) is 0 Å². The fourth-order valence-electron chi connectivity index (χ4n) is 4.40. The number of fused-ring (bicyclic) bond motifs is 2. The number of pyridine rings is 1. The molecule has 1 aliphatic carbocycles. The minimum atomic E-state index is -2.89. The van der Waals surface area contributed by atoms with Crippen LogP contribution in [0.1, 0.15) is 18.4 Å². The Balaban J connectivity index is 1.57. The molecule has 3 N–H and O–H groups in total. The quantitative estimate of drug-likeness (QED) is 0.642. The highest BCUT2D eigenvalue weighted by atomic mass is 19.3. The predicted molar refractivity (Wildman–Crippen MR) is 109 cm³/mol. The number of methoxy groups -OCH3 is 1. The second-order valence-electron chi connectivity index (χ2n) is 7.79. The van der Waals surface area contributed by atoms with Crippen LogP contribution in [0.25, 0.3) is 11.0 Å². The molecule has 2 aromatic heterocycles. The highest BCUT2D eigenvalue weighted by Crippen LogP contribution is 2.60. The van der Waals surface area contributed by atoms with Crippen LogP contribution >= 0.6 is 0 Å². The van der Waals surface area contributed by atoms with Crippen LogP contribution in [0.4, 0.5) is 24.7 Å². The molecule has 1 aromatic carbocycles. The lowest BCUT2D eigenvalue weighted by atomic mass is 9.82. The smallest absolute Gasteiger partial charge is 0.267 e. The standard InChI is InChI=1S/C21H19F3N6O/c1-31-17-9-27-18-15(29-17)4-5-26-19(18)28-11-2-3-14(22)13(8-11)21(20(23)24)12-6-10(12)7-16(25)30-21/h2-5,8-10,12,20H,6-7H2,1H3,(H2,25,30)(H,26,28)/t10-,12-,21-/m0/s1. The van der Waals surface area contributed by atoms with Gasteiger partial charge in [-0.1, -0.05) is 0 Å². The van der Waals surface area contributed by atoms with Crippen LogP contribution in [-0.4, -0.2) is 34.3 Å². The zero-order valence-corrected chi connectivity index (χ0v) is 16.5. The number of aliphatic imine (C=N–C) groups is 1. The first kappa shape index (κ1) is 19.5. The van der Waals surface area contributed by atoms with Gasteiger partial charge < -0.3 is 15.8 Å². The zero-order valence-electron chi connectivity index (χ0n) is 16.5. The van der Waals surface area contributed by atoms with Crippen LogP contribution in [0, 0.1) is 17.7 Å². The number of aromatic nitrogens is 3. The molecule has 1 aliphatic heterocycles. The summed E-state index contributed by atoms with van der Waals surface area (Å²) in [5.74, 6) is -0.334. The number of halogens is 3. The van der Waals surface area contributed by atoms with Crippen molar-refractivity contribution >= 4 is 28.4 Å². The molecule has 1 fully saturated rings. The van der Waals surface area contributed by atoms with E-state index in [-0.39, 0.29) is 17.3 Å². The molecule has 0 bridgehead atoms. The van der Waals surface area contributed by atoms with Gasteiger partial charge in [-0.2, -0.15) is 0 Å². The van der Waals surface area contributed by atoms with Gasteiger partial charge in [-0.25, -0.2) is 28.1 Å². The van der Waals surface area contributed by atoms with Crippen molar-refractivity contribution in [2.24, 2.45) is 22.6 Å². The summed E-state index contributed by atoms with van der Waals surface area (Å²) in [4.78, 5) is 17.0. The molecule has 10 heteroatoms. The summed E-state index contributed by atoms with van der Waals surface area (Å²) in [7, 11) is 1.49. The van der Waals surface area contributed by atoms with E-state index >= 15 is 0 Å². The monoisotopic (exact) mass is 428 g/mol. The number of alkyl halides is 2. The second kappa shape index (κ2) is 7.07. The molecule has 0 saturated heterocycles. The Hall–Kier alpha value is -3.43. The van der Waals surface area contributed by atoms with E-state index in [1.54, 1.807) is 6.07 Å². The molecular weight excluding hydrogens is 409 g/mol. The number of nitrogens with zero attached hydrogens (tertiary/aromatic N) is 4. The molecule has 0 radical (unpaired) electrons. The number of nitrogens with two attached hydrogens (primary N) is 1. The maximum Gasteiger partial charge on any atom is 0.267 e. The summed E-state index contributed by atoms with van der Waals surface area (Å²) in [5.41, 5.74) is 5.07. The molecule has 0 spiro atoms. The molecule has 0 amide bonds. The second-order valence-corrected chi connectivity index (χ2v) is 7.79. The molecule has 160 valence electrons. The molecule has 0 unspecified atom stereocenters. The molecule has 7 nitrogen and oxygen atoms in total. The number of benzene rings is 1. The van der Waals surface area contributed by atoms with Gasteiger partial charge in [0.2, 0.25) is 5.88 Å². The molecule has 2 aliphatic rings. The van der Waals surface area contributed by atoms with Crippen LogP contribution in [0.15, 0.2) is 41.7 Å². The lowest BCUT2D eigenvalue weighted by molar-refractivity contribution is 0.0322. The SMILES string of the molecule is COc1cnc2c(Nc3ccc(F)c([C@@]4(C(F)F)N=C(N)C[C@@H]5C[C@@H]54)c3)nccc2n1. The number of rotatable bonds is 5. The molecule has 3 aromatic rings. The highest BCUT2D eigenvalue weighted by molar-refractivity contribution is 5.87. The summed E-state index contributed by atoms with van der Waals surface area (Å²) in [6.45, 7) is 0. The largest absolute Gasteiger partial charge is 0.480 e. The van der Waals surface area contributed by atoms with E-state index in [0.29, 0.717) is 41.3 Å². The zero-order chi connectivity index (χ0) is 21.8. The first-order valence-electron chi connectivity index (χ1n) is 9.77. The van der Waals surface area contributed by atoms with Gasteiger partial charge in [0.1, 0.15) is 11.3 Å². The third-order valence-corrected chi connectivity index (χ3v) is 5.93. The fraction of sp³-hybridized carbons (Fsp3) is 0.333. The minimum Gasteiger partial charge on any atom is -0.480 e. The van der Waals surface area contributed by atoms with E-state index in [9.17, 15) is 13.2 Å². The van der Waals surface area contributed by atoms with Crippen molar-refractivity contribution < 1.29 is 17.9 Å². The number of nitrogens with one attached hydrogen (secondary N) is 1. The Bertz CT molecular complexity index is 1200. The third-order valence-electron chi connectivity index (χ3n) is 5.93. The van der Waals surface area contributed by atoms with Gasteiger partial charge in [-0.05, 0) is 42.5 Å². The van der Waals surface area contributed by atoms with E-state index in [0.717, 1.165) is 6.07 Å². The van der Waals surface area contributed by atoms with Crippen molar-refractivity contribution in [1.82, 2.24) is 15.0 Å². The van der Waals surface area contributed by atoms with Crippen LogP contribution < -0.4 is 15.8 Å². The Morgan fingerprint density at radius 3 is 2.87 bits per heavy atom.